The second-order valence-corrected chi connectivity index (χ2v) is 5.40. The highest BCUT2D eigenvalue weighted by molar-refractivity contribution is 5.35. The molecule has 5 nitrogen and oxygen atoms in total. The van der Waals surface area contributed by atoms with E-state index in [1.54, 1.807) is 17.0 Å². The number of para-hydroxylation sites is 1. The molecule has 0 bridgehead atoms. The van der Waals surface area contributed by atoms with Gasteiger partial charge in [-0.15, -0.1) is 10.2 Å². The van der Waals surface area contributed by atoms with Crippen molar-refractivity contribution in [3.8, 4) is 5.75 Å². The zero-order valence-corrected chi connectivity index (χ0v) is 12.6. The summed E-state index contributed by atoms with van der Waals surface area (Å²) in [4.78, 5) is 0. The molecule has 2 aromatic rings. The third-order valence-corrected chi connectivity index (χ3v) is 3.07. The highest BCUT2D eigenvalue weighted by Crippen LogP contribution is 2.23. The molecular weight excluding hydrogens is 271 g/mol. The Labute approximate surface area is 124 Å². The van der Waals surface area contributed by atoms with Crippen LogP contribution in [0.25, 0.3) is 0 Å². The maximum absolute atomic E-state index is 14.0. The fourth-order valence-corrected chi connectivity index (χ4v) is 1.92. The van der Waals surface area contributed by atoms with Gasteiger partial charge in [-0.2, -0.15) is 0 Å². The predicted molar refractivity (Wildman–Crippen MR) is 78.3 cm³/mol. The summed E-state index contributed by atoms with van der Waals surface area (Å²) in [5.74, 6) is 1.11. The Hall–Kier alpha value is -1.95. The normalized spacial score (nSPS) is 11.1. The van der Waals surface area contributed by atoms with E-state index in [9.17, 15) is 4.39 Å². The molecule has 1 heterocycles. The van der Waals surface area contributed by atoms with Crippen molar-refractivity contribution in [3.05, 3.63) is 41.7 Å². The molecule has 1 N–H and O–H groups in total. The average Bonchev–Trinajstić information content (AvgIpc) is 2.83. The van der Waals surface area contributed by atoms with E-state index in [2.05, 4.69) is 29.4 Å². The van der Waals surface area contributed by atoms with Crippen LogP contribution in [-0.4, -0.2) is 21.3 Å². The number of nitrogens with zero attached hydrogens (tertiary/aromatic N) is 3. The van der Waals surface area contributed by atoms with Crippen LogP contribution in [0.2, 0.25) is 0 Å². The van der Waals surface area contributed by atoms with Crippen LogP contribution in [0.15, 0.2) is 24.5 Å². The van der Waals surface area contributed by atoms with Gasteiger partial charge in [-0.3, -0.25) is 0 Å². The third-order valence-electron chi connectivity index (χ3n) is 3.07. The maximum Gasteiger partial charge on any atom is 0.170 e. The molecular formula is C15H21FN4O. The van der Waals surface area contributed by atoms with Crippen LogP contribution in [0, 0.1) is 11.7 Å². The average molecular weight is 292 g/mol. The number of benzene rings is 1. The van der Waals surface area contributed by atoms with Crippen molar-refractivity contribution in [1.29, 1.82) is 0 Å². The second-order valence-electron chi connectivity index (χ2n) is 5.40. The number of ether oxygens (including phenoxy) is 1. The summed E-state index contributed by atoms with van der Waals surface area (Å²) in [6, 6.07) is 4.96. The van der Waals surface area contributed by atoms with Gasteiger partial charge in [-0.25, -0.2) is 4.39 Å². The van der Waals surface area contributed by atoms with Gasteiger partial charge in [0.05, 0.1) is 0 Å². The first kappa shape index (κ1) is 15.4. The topological polar surface area (TPSA) is 52.0 Å². The van der Waals surface area contributed by atoms with E-state index in [4.69, 9.17) is 4.74 Å². The lowest BCUT2D eigenvalue weighted by molar-refractivity contribution is 0.273. The van der Waals surface area contributed by atoms with Crippen LogP contribution in [0.1, 0.15) is 25.2 Å². The number of rotatable bonds is 7. The number of halogens is 1. The summed E-state index contributed by atoms with van der Waals surface area (Å²) in [6.45, 7) is 5.89. The van der Waals surface area contributed by atoms with Crippen LogP contribution >= 0.6 is 0 Å². The van der Waals surface area contributed by atoms with Crippen molar-refractivity contribution in [2.75, 3.05) is 6.54 Å². The minimum absolute atomic E-state index is 0.189. The number of nitrogens with one attached hydrogen (secondary N) is 1. The Kier molecular flexibility index (Phi) is 5.27. The minimum Gasteiger partial charge on any atom is -0.482 e. The van der Waals surface area contributed by atoms with Crippen molar-refractivity contribution in [2.24, 2.45) is 13.0 Å². The van der Waals surface area contributed by atoms with E-state index in [1.807, 2.05) is 13.1 Å². The van der Waals surface area contributed by atoms with Crippen LogP contribution < -0.4 is 10.1 Å². The minimum atomic E-state index is -0.360. The Morgan fingerprint density at radius 3 is 2.86 bits per heavy atom. The SMILES string of the molecule is CC(C)CNCc1cccc(F)c1OCc1nncn1C. The van der Waals surface area contributed by atoms with E-state index < -0.39 is 0 Å². The van der Waals surface area contributed by atoms with Crippen LogP contribution in [0.3, 0.4) is 0 Å². The molecule has 0 aliphatic rings. The first-order chi connectivity index (χ1) is 10.1. The largest absolute Gasteiger partial charge is 0.482 e. The van der Waals surface area contributed by atoms with E-state index >= 15 is 0 Å². The lowest BCUT2D eigenvalue weighted by Gasteiger charge is -2.13. The molecule has 1 aromatic heterocycles. The summed E-state index contributed by atoms with van der Waals surface area (Å²) in [6.07, 6.45) is 1.59. The highest BCUT2D eigenvalue weighted by Gasteiger charge is 2.11. The molecule has 0 saturated heterocycles. The van der Waals surface area contributed by atoms with E-state index in [1.165, 1.54) is 6.07 Å². The smallest absolute Gasteiger partial charge is 0.170 e. The standard InChI is InChI=1S/C15H21FN4O/c1-11(2)7-17-8-12-5-4-6-13(16)15(12)21-9-14-19-18-10-20(14)3/h4-6,10-11,17H,7-9H2,1-3H3. The number of hydrogen-bond acceptors (Lipinski definition) is 4. The molecule has 0 aliphatic heterocycles. The molecule has 0 spiro atoms. The third kappa shape index (κ3) is 4.26. The maximum atomic E-state index is 14.0. The summed E-state index contributed by atoms with van der Waals surface area (Å²) < 4.78 is 21.3. The van der Waals surface area contributed by atoms with Crippen molar-refractivity contribution in [1.82, 2.24) is 20.1 Å². The van der Waals surface area contributed by atoms with E-state index in [-0.39, 0.29) is 18.2 Å². The molecule has 0 radical (unpaired) electrons. The summed E-state index contributed by atoms with van der Waals surface area (Å²) >= 11 is 0. The molecule has 0 saturated carbocycles. The van der Waals surface area contributed by atoms with Crippen molar-refractivity contribution in [3.63, 3.8) is 0 Å². The van der Waals surface area contributed by atoms with Crippen LogP contribution in [0.4, 0.5) is 4.39 Å². The van der Waals surface area contributed by atoms with Gasteiger partial charge in [0.15, 0.2) is 17.4 Å². The first-order valence-electron chi connectivity index (χ1n) is 7.01. The molecule has 114 valence electrons. The zero-order chi connectivity index (χ0) is 15.2. The van der Waals surface area contributed by atoms with Gasteiger partial charge in [0, 0.05) is 19.2 Å². The van der Waals surface area contributed by atoms with Gasteiger partial charge in [0.25, 0.3) is 0 Å². The Morgan fingerprint density at radius 2 is 2.19 bits per heavy atom. The molecule has 21 heavy (non-hydrogen) atoms. The van der Waals surface area contributed by atoms with Gasteiger partial charge in [-0.05, 0) is 18.5 Å². The number of hydrogen-bond donors (Lipinski definition) is 1. The van der Waals surface area contributed by atoms with Crippen LogP contribution in [-0.2, 0) is 20.2 Å². The Morgan fingerprint density at radius 1 is 1.38 bits per heavy atom. The fraction of sp³-hybridized carbons (Fsp3) is 0.467. The van der Waals surface area contributed by atoms with Gasteiger partial charge >= 0.3 is 0 Å². The molecule has 2 rings (SSSR count). The van der Waals surface area contributed by atoms with Gasteiger partial charge in [0.2, 0.25) is 0 Å². The summed E-state index contributed by atoms with van der Waals surface area (Å²) in [7, 11) is 1.82. The predicted octanol–water partition coefficient (Wildman–Crippen LogP) is 2.28. The number of aromatic nitrogens is 3. The van der Waals surface area contributed by atoms with Gasteiger partial charge in [0.1, 0.15) is 12.9 Å². The summed E-state index contributed by atoms with van der Waals surface area (Å²) in [5.41, 5.74) is 0.804. The van der Waals surface area contributed by atoms with Crippen LogP contribution in [0.5, 0.6) is 5.75 Å². The lowest BCUT2D eigenvalue weighted by Crippen LogP contribution is -2.19. The second kappa shape index (κ2) is 7.17. The molecule has 0 fully saturated rings. The van der Waals surface area contributed by atoms with Crippen molar-refractivity contribution < 1.29 is 9.13 Å². The molecule has 0 atom stereocenters. The Balaban J connectivity index is 2.05. The monoisotopic (exact) mass is 292 g/mol. The van der Waals surface area contributed by atoms with E-state index in [0.29, 0.717) is 18.3 Å². The molecule has 0 amide bonds. The fourth-order valence-electron chi connectivity index (χ4n) is 1.92. The lowest BCUT2D eigenvalue weighted by atomic mass is 10.1. The zero-order valence-electron chi connectivity index (χ0n) is 12.6. The molecule has 0 unspecified atom stereocenters. The summed E-state index contributed by atoms with van der Waals surface area (Å²) in [5, 5.41) is 11.0. The van der Waals surface area contributed by atoms with Crippen molar-refractivity contribution in [2.45, 2.75) is 27.0 Å². The Bertz CT molecular complexity index is 583. The quantitative estimate of drug-likeness (QED) is 0.850. The van der Waals surface area contributed by atoms with Gasteiger partial charge in [-0.1, -0.05) is 26.0 Å². The first-order valence-corrected chi connectivity index (χ1v) is 7.01. The number of aryl methyl sites for hydroxylation is 1. The highest BCUT2D eigenvalue weighted by atomic mass is 19.1. The van der Waals surface area contributed by atoms with E-state index in [0.717, 1.165) is 12.1 Å². The van der Waals surface area contributed by atoms with Gasteiger partial charge < -0.3 is 14.6 Å². The molecule has 6 heteroatoms. The van der Waals surface area contributed by atoms with Crippen molar-refractivity contribution >= 4 is 0 Å². The molecule has 0 aliphatic carbocycles. The molecule has 1 aromatic carbocycles.